The van der Waals surface area contributed by atoms with E-state index in [0.717, 1.165) is 68.6 Å². The molecule has 0 aliphatic carbocycles. The highest BCUT2D eigenvalue weighted by molar-refractivity contribution is 5.90. The zero-order chi connectivity index (χ0) is 24.7. The Labute approximate surface area is 213 Å². The molecule has 1 amide bonds. The van der Waals surface area contributed by atoms with Crippen molar-refractivity contribution in [3.8, 4) is 5.69 Å². The van der Waals surface area contributed by atoms with Crippen molar-refractivity contribution in [1.82, 2.24) is 20.1 Å². The van der Waals surface area contributed by atoms with Gasteiger partial charge in [0, 0.05) is 57.9 Å². The normalized spacial score (nSPS) is 16.7. The summed E-state index contributed by atoms with van der Waals surface area (Å²) >= 11 is 0. The van der Waals surface area contributed by atoms with Crippen LogP contribution in [0.25, 0.3) is 5.69 Å². The maximum absolute atomic E-state index is 12.5. The van der Waals surface area contributed by atoms with Gasteiger partial charge in [0.1, 0.15) is 5.82 Å². The second kappa shape index (κ2) is 11.4. The SMILES string of the molecule is Cc1nn(-c2ccccc2)c(N2CCCC2)c1/C=N/NC(=O)CCN1CCN(c2ccccc2)CC1. The van der Waals surface area contributed by atoms with E-state index in [4.69, 9.17) is 5.10 Å². The molecule has 2 aliphatic rings. The van der Waals surface area contributed by atoms with E-state index in [1.54, 1.807) is 6.21 Å². The maximum Gasteiger partial charge on any atom is 0.241 e. The Morgan fingerprint density at radius 2 is 1.53 bits per heavy atom. The summed E-state index contributed by atoms with van der Waals surface area (Å²) in [6.07, 6.45) is 4.54. The number of carbonyl (C=O) groups excluding carboxylic acids is 1. The van der Waals surface area contributed by atoms with Crippen molar-refractivity contribution >= 4 is 23.6 Å². The molecular weight excluding hydrogens is 450 g/mol. The van der Waals surface area contributed by atoms with Gasteiger partial charge in [-0.3, -0.25) is 9.69 Å². The van der Waals surface area contributed by atoms with E-state index < -0.39 is 0 Å². The van der Waals surface area contributed by atoms with Crippen LogP contribution in [0.3, 0.4) is 0 Å². The highest BCUT2D eigenvalue weighted by Crippen LogP contribution is 2.29. The Kier molecular flexibility index (Phi) is 7.61. The van der Waals surface area contributed by atoms with Crippen LogP contribution < -0.4 is 15.2 Å². The number of benzene rings is 2. The average Bonchev–Trinajstić information content (AvgIpc) is 3.57. The smallest absolute Gasteiger partial charge is 0.241 e. The van der Waals surface area contributed by atoms with Crippen LogP contribution in [0.1, 0.15) is 30.5 Å². The Balaban J connectivity index is 1.17. The van der Waals surface area contributed by atoms with Crippen molar-refractivity contribution < 1.29 is 4.79 Å². The molecule has 2 saturated heterocycles. The van der Waals surface area contributed by atoms with E-state index in [-0.39, 0.29) is 5.91 Å². The fourth-order valence-electron chi connectivity index (χ4n) is 5.01. The number of para-hydroxylation sites is 2. The van der Waals surface area contributed by atoms with Crippen LogP contribution in [0.4, 0.5) is 11.5 Å². The third-order valence-corrected chi connectivity index (χ3v) is 7.02. The molecule has 0 atom stereocenters. The monoisotopic (exact) mass is 485 g/mol. The van der Waals surface area contributed by atoms with Gasteiger partial charge in [0.15, 0.2) is 0 Å². The predicted octanol–water partition coefficient (Wildman–Crippen LogP) is 3.44. The quantitative estimate of drug-likeness (QED) is 0.391. The molecule has 8 nitrogen and oxygen atoms in total. The second-order valence-electron chi connectivity index (χ2n) is 9.47. The molecule has 8 heteroatoms. The summed E-state index contributed by atoms with van der Waals surface area (Å²) in [5, 5.41) is 9.13. The Morgan fingerprint density at radius 1 is 0.889 bits per heavy atom. The van der Waals surface area contributed by atoms with Crippen molar-refractivity contribution in [2.24, 2.45) is 5.10 Å². The van der Waals surface area contributed by atoms with Gasteiger partial charge < -0.3 is 9.80 Å². The van der Waals surface area contributed by atoms with Gasteiger partial charge >= 0.3 is 0 Å². The van der Waals surface area contributed by atoms with E-state index in [1.165, 1.54) is 18.5 Å². The van der Waals surface area contributed by atoms with Gasteiger partial charge in [-0.15, -0.1) is 0 Å². The zero-order valence-electron chi connectivity index (χ0n) is 21.0. The Morgan fingerprint density at radius 3 is 2.19 bits per heavy atom. The van der Waals surface area contributed by atoms with Crippen LogP contribution in [-0.4, -0.2) is 72.6 Å². The first-order chi connectivity index (χ1) is 17.7. The van der Waals surface area contributed by atoms with Crippen molar-refractivity contribution in [1.29, 1.82) is 0 Å². The minimum atomic E-state index is -0.0624. The summed E-state index contributed by atoms with van der Waals surface area (Å²) in [5.41, 5.74) is 6.89. The number of hydrazone groups is 1. The second-order valence-corrected chi connectivity index (χ2v) is 9.47. The highest BCUT2D eigenvalue weighted by Gasteiger charge is 2.23. The van der Waals surface area contributed by atoms with E-state index in [0.29, 0.717) is 6.42 Å². The number of hydrogen-bond acceptors (Lipinski definition) is 6. The summed E-state index contributed by atoms with van der Waals surface area (Å²) in [6, 6.07) is 20.7. The molecule has 2 aromatic carbocycles. The molecule has 188 valence electrons. The van der Waals surface area contributed by atoms with Crippen LogP contribution in [0.5, 0.6) is 0 Å². The first-order valence-corrected chi connectivity index (χ1v) is 12.9. The number of rotatable bonds is 8. The molecule has 3 aromatic rings. The zero-order valence-corrected chi connectivity index (χ0v) is 21.0. The standard InChI is InChI=1S/C28H35N7O/c1-23-26(28(34-15-8-9-16-34)35(31-23)25-12-6-3-7-13-25)22-29-30-27(36)14-17-32-18-20-33(21-19-32)24-10-4-2-5-11-24/h2-7,10-13,22H,8-9,14-21H2,1H3,(H,30,36)/b29-22+. The lowest BCUT2D eigenvalue weighted by Crippen LogP contribution is -2.47. The molecular formula is C28H35N7O. The predicted molar refractivity (Wildman–Crippen MR) is 145 cm³/mol. The minimum absolute atomic E-state index is 0.0624. The first kappa shape index (κ1) is 24.1. The van der Waals surface area contributed by atoms with Gasteiger partial charge in [-0.25, -0.2) is 10.1 Å². The summed E-state index contributed by atoms with van der Waals surface area (Å²) in [4.78, 5) is 19.6. The van der Waals surface area contributed by atoms with E-state index in [1.807, 2.05) is 35.9 Å². The van der Waals surface area contributed by atoms with Gasteiger partial charge in [0.05, 0.1) is 23.2 Å². The molecule has 2 aliphatic heterocycles. The van der Waals surface area contributed by atoms with Crippen molar-refractivity contribution in [3.63, 3.8) is 0 Å². The van der Waals surface area contributed by atoms with Gasteiger partial charge in [-0.2, -0.15) is 10.2 Å². The number of nitrogens with one attached hydrogen (secondary N) is 1. The molecule has 0 unspecified atom stereocenters. The molecule has 3 heterocycles. The van der Waals surface area contributed by atoms with Crippen molar-refractivity contribution in [3.05, 3.63) is 71.9 Å². The minimum Gasteiger partial charge on any atom is -0.369 e. The number of carbonyl (C=O) groups is 1. The van der Waals surface area contributed by atoms with Crippen LogP contribution >= 0.6 is 0 Å². The van der Waals surface area contributed by atoms with E-state index in [9.17, 15) is 4.79 Å². The average molecular weight is 486 g/mol. The first-order valence-electron chi connectivity index (χ1n) is 12.9. The fraction of sp³-hybridized carbons (Fsp3) is 0.393. The lowest BCUT2D eigenvalue weighted by atomic mass is 10.2. The van der Waals surface area contributed by atoms with Gasteiger partial charge in [0.2, 0.25) is 5.91 Å². The van der Waals surface area contributed by atoms with Gasteiger partial charge in [-0.05, 0) is 44.0 Å². The number of piperazine rings is 1. The molecule has 2 fully saturated rings. The summed E-state index contributed by atoms with van der Waals surface area (Å²) in [7, 11) is 0. The Bertz CT molecular complexity index is 1160. The van der Waals surface area contributed by atoms with E-state index in [2.05, 4.69) is 61.6 Å². The molecule has 1 N–H and O–H groups in total. The number of aryl methyl sites for hydroxylation is 1. The van der Waals surface area contributed by atoms with Crippen molar-refractivity contribution in [2.45, 2.75) is 26.2 Å². The molecule has 0 saturated carbocycles. The lowest BCUT2D eigenvalue weighted by molar-refractivity contribution is -0.121. The van der Waals surface area contributed by atoms with Crippen LogP contribution in [0, 0.1) is 6.92 Å². The number of aromatic nitrogens is 2. The van der Waals surface area contributed by atoms with Crippen LogP contribution in [0.15, 0.2) is 65.8 Å². The van der Waals surface area contributed by atoms with Crippen LogP contribution in [0.2, 0.25) is 0 Å². The molecule has 0 spiro atoms. The van der Waals surface area contributed by atoms with Crippen molar-refractivity contribution in [2.75, 3.05) is 55.6 Å². The highest BCUT2D eigenvalue weighted by atomic mass is 16.2. The van der Waals surface area contributed by atoms with Crippen LogP contribution in [-0.2, 0) is 4.79 Å². The number of hydrogen-bond donors (Lipinski definition) is 1. The summed E-state index contributed by atoms with van der Waals surface area (Å²) in [6.45, 7) is 8.63. The Hall–Kier alpha value is -3.65. The molecule has 0 radical (unpaired) electrons. The molecule has 36 heavy (non-hydrogen) atoms. The fourth-order valence-corrected chi connectivity index (χ4v) is 5.01. The molecule has 0 bridgehead atoms. The number of anilines is 2. The lowest BCUT2D eigenvalue weighted by Gasteiger charge is -2.36. The van der Waals surface area contributed by atoms with E-state index >= 15 is 0 Å². The maximum atomic E-state index is 12.5. The third-order valence-electron chi connectivity index (χ3n) is 7.02. The largest absolute Gasteiger partial charge is 0.369 e. The third kappa shape index (κ3) is 5.60. The molecule has 5 rings (SSSR count). The van der Waals surface area contributed by atoms with Gasteiger partial charge in [0.25, 0.3) is 0 Å². The summed E-state index contributed by atoms with van der Waals surface area (Å²) in [5.74, 6) is 0.984. The topological polar surface area (TPSA) is 69.0 Å². The summed E-state index contributed by atoms with van der Waals surface area (Å²) < 4.78 is 2.00. The number of nitrogens with zero attached hydrogens (tertiary/aromatic N) is 6. The van der Waals surface area contributed by atoms with Gasteiger partial charge in [-0.1, -0.05) is 36.4 Å². The molecule has 1 aromatic heterocycles. The number of amides is 1.